The number of rotatable bonds is 5. The molecule has 0 amide bonds. The zero-order valence-corrected chi connectivity index (χ0v) is 13.2. The average molecular weight is 353 g/mol. The van der Waals surface area contributed by atoms with Crippen LogP contribution in [0, 0.1) is 4.77 Å². The van der Waals surface area contributed by atoms with Crippen LogP contribution >= 0.6 is 20.0 Å². The van der Waals surface area contributed by atoms with Gasteiger partial charge in [-0.15, -0.1) is 0 Å². The van der Waals surface area contributed by atoms with Gasteiger partial charge in [-0.05, 0) is 12.2 Å². The quantitative estimate of drug-likeness (QED) is 0.327. The van der Waals surface area contributed by atoms with Crippen LogP contribution in [0.3, 0.4) is 0 Å². The molecule has 0 bridgehead atoms. The lowest BCUT2D eigenvalue weighted by atomic mass is 10.1. The van der Waals surface area contributed by atoms with E-state index in [0.717, 1.165) is 0 Å². The van der Waals surface area contributed by atoms with E-state index in [1.807, 2.05) is 5.09 Å². The summed E-state index contributed by atoms with van der Waals surface area (Å²) in [6.45, 7) is -0.279. The predicted octanol–water partition coefficient (Wildman–Crippen LogP) is -1.14. The van der Waals surface area contributed by atoms with Crippen molar-refractivity contribution in [2.24, 2.45) is 0 Å². The molecular formula is C10H16N3O7PS. The lowest BCUT2D eigenvalue weighted by Gasteiger charge is -2.20. The molecule has 2 unspecified atom stereocenters. The van der Waals surface area contributed by atoms with Crippen LogP contribution in [0.4, 0.5) is 0 Å². The number of aliphatic hydroxyl groups excluding tert-OH is 1. The van der Waals surface area contributed by atoms with Crippen molar-refractivity contribution < 1.29 is 28.9 Å². The summed E-state index contributed by atoms with van der Waals surface area (Å²) >= 11 is 5.03. The highest BCUT2D eigenvalue weighted by Crippen LogP contribution is 2.33. The zero-order valence-electron chi connectivity index (χ0n) is 11.4. The van der Waals surface area contributed by atoms with E-state index < -0.39 is 32.3 Å². The Balaban J connectivity index is 2.23. The average Bonchev–Trinajstić information content (AvgIpc) is 2.72. The van der Waals surface area contributed by atoms with Gasteiger partial charge in [0.15, 0.2) is 11.0 Å². The van der Waals surface area contributed by atoms with E-state index in [0.29, 0.717) is 0 Å². The smallest absolute Gasteiger partial charge is 0.387 e. The first kappa shape index (κ1) is 17.4. The van der Waals surface area contributed by atoms with Crippen molar-refractivity contribution in [3.05, 3.63) is 27.4 Å². The topological polar surface area (TPSA) is 146 Å². The molecule has 1 fully saturated rings. The number of aliphatic hydroxyl groups is 1. The number of methoxy groups -OCH3 is 1. The van der Waals surface area contributed by atoms with Crippen LogP contribution in [-0.4, -0.2) is 56.4 Å². The van der Waals surface area contributed by atoms with Crippen molar-refractivity contribution in [3.8, 4) is 0 Å². The molecule has 0 aliphatic carbocycles. The monoisotopic (exact) mass is 353 g/mol. The summed E-state index contributed by atoms with van der Waals surface area (Å²) in [7, 11) is -3.08. The van der Waals surface area contributed by atoms with Crippen molar-refractivity contribution in [3.63, 3.8) is 0 Å². The Morgan fingerprint density at radius 1 is 1.59 bits per heavy atom. The maximum absolute atomic E-state index is 11.2. The molecule has 2 heterocycles. The van der Waals surface area contributed by atoms with Gasteiger partial charge in [-0.25, -0.2) is 9.65 Å². The number of H-pyrrole nitrogens is 1. The van der Waals surface area contributed by atoms with Crippen LogP contribution in [0.25, 0.3) is 0 Å². The largest absolute Gasteiger partial charge is 0.400 e. The molecule has 124 valence electrons. The van der Waals surface area contributed by atoms with E-state index in [1.165, 1.54) is 23.9 Å². The maximum Gasteiger partial charge on any atom is 0.400 e. The van der Waals surface area contributed by atoms with Crippen LogP contribution in [0.1, 0.15) is 6.23 Å². The molecule has 12 heteroatoms. The van der Waals surface area contributed by atoms with Crippen LogP contribution < -0.4 is 10.6 Å². The molecule has 1 aliphatic rings. The molecular weight excluding hydrogens is 337 g/mol. The second-order valence-electron chi connectivity index (χ2n) is 4.68. The minimum Gasteiger partial charge on any atom is -0.387 e. The number of ether oxygens (including phenoxy) is 2. The number of hydrogen-bond acceptors (Lipinski definition) is 6. The van der Waals surface area contributed by atoms with Gasteiger partial charge in [0.25, 0.3) is 5.56 Å². The molecule has 0 saturated carbocycles. The number of nitrogens with zero attached hydrogens (tertiary/aromatic N) is 1. The van der Waals surface area contributed by atoms with Crippen LogP contribution in [-0.2, 0) is 14.0 Å². The van der Waals surface area contributed by atoms with Crippen molar-refractivity contribution in [1.82, 2.24) is 14.6 Å². The molecule has 10 nitrogen and oxygen atoms in total. The molecule has 4 atom stereocenters. The molecule has 1 aliphatic heterocycles. The zero-order chi connectivity index (χ0) is 16.5. The summed E-state index contributed by atoms with van der Waals surface area (Å²) in [5.74, 6) is 0. The molecule has 1 aromatic heterocycles. The number of aromatic amines is 1. The van der Waals surface area contributed by atoms with E-state index in [1.54, 1.807) is 0 Å². The third-order valence-electron chi connectivity index (χ3n) is 3.21. The van der Waals surface area contributed by atoms with E-state index >= 15 is 0 Å². The van der Waals surface area contributed by atoms with Gasteiger partial charge in [-0.2, -0.15) is 0 Å². The van der Waals surface area contributed by atoms with Crippen molar-refractivity contribution in [1.29, 1.82) is 0 Å². The predicted molar refractivity (Wildman–Crippen MR) is 76.6 cm³/mol. The van der Waals surface area contributed by atoms with Gasteiger partial charge in [0.2, 0.25) is 0 Å². The van der Waals surface area contributed by atoms with Crippen molar-refractivity contribution in [2.75, 3.05) is 13.7 Å². The van der Waals surface area contributed by atoms with Crippen LogP contribution in [0.2, 0.25) is 0 Å². The maximum atomic E-state index is 11.2. The molecule has 0 aromatic carbocycles. The molecule has 22 heavy (non-hydrogen) atoms. The van der Waals surface area contributed by atoms with E-state index in [4.69, 9.17) is 31.5 Å². The highest BCUT2D eigenvalue weighted by Gasteiger charge is 2.45. The van der Waals surface area contributed by atoms with Gasteiger partial charge < -0.3 is 24.4 Å². The molecule has 0 spiro atoms. The second-order valence-corrected chi connectivity index (χ2v) is 6.47. The normalized spacial score (nSPS) is 28.9. The van der Waals surface area contributed by atoms with Gasteiger partial charge in [-0.3, -0.25) is 14.3 Å². The summed E-state index contributed by atoms with van der Waals surface area (Å²) in [5, 5.41) is 12.1. The summed E-state index contributed by atoms with van der Waals surface area (Å²) in [6.07, 6.45) is -2.32. The fourth-order valence-corrected chi connectivity index (χ4v) is 2.89. The molecule has 1 aromatic rings. The Morgan fingerprint density at radius 2 is 2.27 bits per heavy atom. The fourth-order valence-electron chi connectivity index (χ4n) is 2.20. The standard InChI is InChI=1S/C10H16N3O7PS/c1-19-8-7(15)5(4-11-21(16,17)18)20-9(8)13-3-2-6(14)12-10(13)22/h2-3,5,7-9,15H,4H2,1H3,(H,12,14,22)(H3,11,16,17,18)/t5-,7?,8?,9-/m0/s1. The lowest BCUT2D eigenvalue weighted by molar-refractivity contribution is -0.0521. The minimum absolute atomic E-state index is 0.0790. The molecule has 2 rings (SSSR count). The molecule has 5 N–H and O–H groups in total. The van der Waals surface area contributed by atoms with Crippen LogP contribution in [0.5, 0.6) is 0 Å². The summed E-state index contributed by atoms with van der Waals surface area (Å²) in [5.41, 5.74) is -0.381. The van der Waals surface area contributed by atoms with Crippen LogP contribution in [0.15, 0.2) is 17.1 Å². The SMILES string of the molecule is COC1C(O)[C@H](CNP(=O)(O)O)O[C@@H]1n1ccc(=O)[nH]c1=S. The van der Waals surface area contributed by atoms with Gasteiger partial charge in [-0.1, -0.05) is 0 Å². The van der Waals surface area contributed by atoms with Gasteiger partial charge in [0.05, 0.1) is 0 Å². The Hall–Kier alpha value is -0.910. The summed E-state index contributed by atoms with van der Waals surface area (Å²) in [4.78, 5) is 31.2. The van der Waals surface area contributed by atoms with E-state index in [2.05, 4.69) is 4.98 Å². The molecule has 1 saturated heterocycles. The summed E-state index contributed by atoms with van der Waals surface area (Å²) < 4.78 is 23.1. The lowest BCUT2D eigenvalue weighted by Crippen LogP contribution is -2.37. The first-order chi connectivity index (χ1) is 10.2. The number of aromatic nitrogens is 2. The third kappa shape index (κ3) is 3.89. The first-order valence-electron chi connectivity index (χ1n) is 6.21. The highest BCUT2D eigenvalue weighted by atomic mass is 32.1. The molecule has 0 radical (unpaired) electrons. The fraction of sp³-hybridized carbons (Fsp3) is 0.600. The Kier molecular flexibility index (Phi) is 5.30. The number of nitrogens with one attached hydrogen (secondary N) is 2. The van der Waals surface area contributed by atoms with Gasteiger partial charge in [0.1, 0.15) is 18.3 Å². The number of hydrogen-bond donors (Lipinski definition) is 5. The minimum atomic E-state index is -4.44. The van der Waals surface area contributed by atoms with Crippen molar-refractivity contribution in [2.45, 2.75) is 24.5 Å². The Morgan fingerprint density at radius 3 is 2.82 bits per heavy atom. The second kappa shape index (κ2) is 6.69. The third-order valence-corrected chi connectivity index (χ3v) is 4.12. The van der Waals surface area contributed by atoms with Gasteiger partial charge in [0, 0.05) is 25.9 Å². The van der Waals surface area contributed by atoms with Crippen molar-refractivity contribution >= 4 is 20.0 Å². The Labute approximate surface area is 129 Å². The highest BCUT2D eigenvalue weighted by molar-refractivity contribution is 7.71. The van der Waals surface area contributed by atoms with Gasteiger partial charge >= 0.3 is 7.75 Å². The first-order valence-corrected chi connectivity index (χ1v) is 8.23. The summed E-state index contributed by atoms with van der Waals surface area (Å²) in [6, 6.07) is 1.24. The Bertz CT molecular complexity index is 686. The van der Waals surface area contributed by atoms with E-state index in [9.17, 15) is 14.5 Å². The van der Waals surface area contributed by atoms with E-state index in [-0.39, 0.29) is 16.9 Å².